The van der Waals surface area contributed by atoms with Gasteiger partial charge in [-0.3, -0.25) is 0 Å². The fraction of sp³-hybridized carbons (Fsp3) is 0.500. The average Bonchev–Trinajstić information content (AvgIpc) is 2.86. The maximum Gasteiger partial charge on any atom is 0.128 e. The third kappa shape index (κ3) is 2.44. The van der Waals surface area contributed by atoms with Gasteiger partial charge in [0.1, 0.15) is 5.82 Å². The highest BCUT2D eigenvalue weighted by Crippen LogP contribution is 2.44. The van der Waals surface area contributed by atoms with Gasteiger partial charge in [-0.05, 0) is 44.4 Å². The fourth-order valence-corrected chi connectivity index (χ4v) is 2.40. The third-order valence-corrected chi connectivity index (χ3v) is 3.56. The lowest BCUT2D eigenvalue weighted by atomic mass is 9.86. The SMILES string of the molecule is C[C@](N)(CC1(O)CC1)c1cc(Br)ccc1F. The first-order valence-electron chi connectivity index (χ1n) is 5.29. The summed E-state index contributed by atoms with van der Waals surface area (Å²) >= 11 is 3.30. The van der Waals surface area contributed by atoms with Crippen LogP contribution >= 0.6 is 15.9 Å². The maximum atomic E-state index is 13.7. The monoisotopic (exact) mass is 287 g/mol. The smallest absolute Gasteiger partial charge is 0.128 e. The Balaban J connectivity index is 2.30. The Labute approximate surface area is 103 Å². The molecular formula is C12H15BrFNO. The highest BCUT2D eigenvalue weighted by Gasteiger charge is 2.45. The molecule has 0 amide bonds. The minimum atomic E-state index is -0.834. The van der Waals surface area contributed by atoms with Crippen LogP contribution in [0, 0.1) is 5.82 Å². The largest absolute Gasteiger partial charge is 0.390 e. The van der Waals surface area contributed by atoms with Crippen LogP contribution in [0.1, 0.15) is 31.7 Å². The zero-order chi connectivity index (χ0) is 12.0. The number of nitrogens with two attached hydrogens (primary N) is 1. The first kappa shape index (κ1) is 12.0. The lowest BCUT2D eigenvalue weighted by Gasteiger charge is -2.28. The Kier molecular flexibility index (Phi) is 2.85. The van der Waals surface area contributed by atoms with Gasteiger partial charge in [0, 0.05) is 15.6 Å². The predicted octanol–water partition coefficient (Wildman–Crippen LogP) is 2.68. The maximum absolute atomic E-state index is 13.7. The molecule has 0 saturated heterocycles. The van der Waals surface area contributed by atoms with E-state index in [1.54, 1.807) is 19.1 Å². The number of benzene rings is 1. The molecule has 0 spiro atoms. The highest BCUT2D eigenvalue weighted by atomic mass is 79.9. The van der Waals surface area contributed by atoms with Crippen LogP contribution in [0.4, 0.5) is 4.39 Å². The molecule has 0 unspecified atom stereocenters. The number of rotatable bonds is 3. The van der Waals surface area contributed by atoms with Crippen molar-refractivity contribution in [3.63, 3.8) is 0 Å². The van der Waals surface area contributed by atoms with Gasteiger partial charge in [-0.15, -0.1) is 0 Å². The highest BCUT2D eigenvalue weighted by molar-refractivity contribution is 9.10. The second-order valence-corrected chi connectivity index (χ2v) is 5.86. The van der Waals surface area contributed by atoms with Crippen molar-refractivity contribution in [3.05, 3.63) is 34.1 Å². The summed E-state index contributed by atoms with van der Waals surface area (Å²) in [6.45, 7) is 1.76. The van der Waals surface area contributed by atoms with Crippen LogP contribution in [0.15, 0.2) is 22.7 Å². The van der Waals surface area contributed by atoms with Gasteiger partial charge in [0.2, 0.25) is 0 Å². The topological polar surface area (TPSA) is 46.2 Å². The van der Waals surface area contributed by atoms with E-state index in [1.807, 2.05) is 0 Å². The fourth-order valence-electron chi connectivity index (χ4n) is 2.04. The van der Waals surface area contributed by atoms with Gasteiger partial charge in [0.25, 0.3) is 0 Å². The normalized spacial score (nSPS) is 21.6. The molecule has 1 aliphatic rings. The van der Waals surface area contributed by atoms with Crippen molar-refractivity contribution in [3.8, 4) is 0 Å². The van der Waals surface area contributed by atoms with Gasteiger partial charge in [-0.2, -0.15) is 0 Å². The minimum absolute atomic E-state index is 0.322. The number of aliphatic hydroxyl groups is 1. The molecule has 0 heterocycles. The summed E-state index contributed by atoms with van der Waals surface area (Å²) in [6.07, 6.45) is 1.91. The lowest BCUT2D eigenvalue weighted by Crippen LogP contribution is -2.38. The molecule has 1 aromatic rings. The van der Waals surface area contributed by atoms with Gasteiger partial charge < -0.3 is 10.8 Å². The molecule has 1 saturated carbocycles. The quantitative estimate of drug-likeness (QED) is 0.898. The van der Waals surface area contributed by atoms with Gasteiger partial charge >= 0.3 is 0 Å². The molecule has 4 heteroatoms. The average molecular weight is 288 g/mol. The van der Waals surface area contributed by atoms with E-state index in [0.29, 0.717) is 12.0 Å². The van der Waals surface area contributed by atoms with Crippen LogP contribution in [0.25, 0.3) is 0 Å². The van der Waals surface area contributed by atoms with Crippen LogP contribution in [0.5, 0.6) is 0 Å². The molecule has 2 rings (SSSR count). The molecular weight excluding hydrogens is 273 g/mol. The number of hydrogen-bond donors (Lipinski definition) is 2. The summed E-state index contributed by atoms with van der Waals surface area (Å²) in [7, 11) is 0. The van der Waals surface area contributed by atoms with Gasteiger partial charge in [0.05, 0.1) is 5.60 Å². The van der Waals surface area contributed by atoms with Gasteiger partial charge in [0.15, 0.2) is 0 Å². The Morgan fingerprint density at radius 1 is 1.56 bits per heavy atom. The molecule has 3 N–H and O–H groups in total. The summed E-state index contributed by atoms with van der Waals surface area (Å²) in [5, 5.41) is 9.87. The molecule has 0 aromatic heterocycles. The summed E-state index contributed by atoms with van der Waals surface area (Å²) < 4.78 is 14.5. The van der Waals surface area contributed by atoms with Crippen LogP contribution in [0.2, 0.25) is 0 Å². The summed E-state index contributed by atoms with van der Waals surface area (Å²) in [5.74, 6) is -0.322. The van der Waals surface area contributed by atoms with Crippen LogP contribution in [-0.2, 0) is 5.54 Å². The van der Waals surface area contributed by atoms with E-state index < -0.39 is 11.1 Å². The number of hydrogen-bond acceptors (Lipinski definition) is 2. The molecule has 0 aliphatic heterocycles. The molecule has 1 atom stereocenters. The van der Waals surface area contributed by atoms with E-state index >= 15 is 0 Å². The molecule has 1 aliphatic carbocycles. The van der Waals surface area contributed by atoms with E-state index in [2.05, 4.69) is 15.9 Å². The van der Waals surface area contributed by atoms with Crippen molar-refractivity contribution >= 4 is 15.9 Å². The Morgan fingerprint density at radius 3 is 2.75 bits per heavy atom. The van der Waals surface area contributed by atoms with Crippen molar-refractivity contribution in [1.29, 1.82) is 0 Å². The van der Waals surface area contributed by atoms with Gasteiger partial charge in [-0.1, -0.05) is 15.9 Å². The zero-order valence-corrected chi connectivity index (χ0v) is 10.7. The van der Waals surface area contributed by atoms with Gasteiger partial charge in [-0.25, -0.2) is 4.39 Å². The molecule has 1 aromatic carbocycles. The van der Waals surface area contributed by atoms with E-state index in [0.717, 1.165) is 17.3 Å². The second kappa shape index (κ2) is 3.79. The zero-order valence-electron chi connectivity index (χ0n) is 9.13. The molecule has 0 bridgehead atoms. The molecule has 1 fully saturated rings. The lowest BCUT2D eigenvalue weighted by molar-refractivity contribution is 0.111. The van der Waals surface area contributed by atoms with Crippen molar-refractivity contribution in [2.45, 2.75) is 37.3 Å². The summed E-state index contributed by atoms with van der Waals surface area (Å²) in [5.41, 5.74) is 5.04. The van der Waals surface area contributed by atoms with Crippen LogP contribution in [0.3, 0.4) is 0 Å². The van der Waals surface area contributed by atoms with Crippen molar-refractivity contribution in [2.24, 2.45) is 5.73 Å². The third-order valence-electron chi connectivity index (χ3n) is 3.07. The van der Waals surface area contributed by atoms with Crippen molar-refractivity contribution in [2.75, 3.05) is 0 Å². The van der Waals surface area contributed by atoms with E-state index in [9.17, 15) is 9.50 Å². The molecule has 2 nitrogen and oxygen atoms in total. The van der Waals surface area contributed by atoms with Crippen LogP contribution < -0.4 is 5.73 Å². The number of halogens is 2. The first-order valence-corrected chi connectivity index (χ1v) is 6.09. The summed E-state index contributed by atoms with van der Waals surface area (Å²) in [6, 6.07) is 4.71. The van der Waals surface area contributed by atoms with Crippen molar-refractivity contribution in [1.82, 2.24) is 0 Å². The molecule has 88 valence electrons. The Morgan fingerprint density at radius 2 is 2.19 bits per heavy atom. The molecule has 16 heavy (non-hydrogen) atoms. The molecule has 0 radical (unpaired) electrons. The Hall–Kier alpha value is -0.450. The van der Waals surface area contributed by atoms with E-state index in [4.69, 9.17) is 5.73 Å². The first-order chi connectivity index (χ1) is 7.32. The Bertz CT molecular complexity index is 415. The van der Waals surface area contributed by atoms with E-state index in [1.165, 1.54) is 6.07 Å². The van der Waals surface area contributed by atoms with E-state index in [-0.39, 0.29) is 5.82 Å². The van der Waals surface area contributed by atoms with Crippen LogP contribution in [-0.4, -0.2) is 10.7 Å². The predicted molar refractivity (Wildman–Crippen MR) is 64.4 cm³/mol. The second-order valence-electron chi connectivity index (χ2n) is 4.94. The minimum Gasteiger partial charge on any atom is -0.390 e. The standard InChI is InChI=1S/C12H15BrFNO/c1-11(15,7-12(16)4-5-12)9-6-8(13)2-3-10(9)14/h2-3,6,16H,4-5,7,15H2,1H3/t11-/m0/s1. The van der Waals surface area contributed by atoms with Crippen molar-refractivity contribution < 1.29 is 9.50 Å². The summed E-state index contributed by atoms with van der Waals surface area (Å²) in [4.78, 5) is 0.